The Morgan fingerprint density at radius 2 is 2.33 bits per heavy atom. The summed E-state index contributed by atoms with van der Waals surface area (Å²) in [5, 5.41) is 2.79. The Bertz CT molecular complexity index is 197. The Morgan fingerprint density at radius 1 is 1.75 bits per heavy atom. The number of carbonyl (C=O) groups is 1. The number of rotatable bonds is 3. The topological polar surface area (TPSA) is 55.1 Å². The minimum absolute atomic E-state index is 0.0125. The smallest absolute Gasteiger partial charge is 0.240 e. The van der Waals surface area contributed by atoms with Gasteiger partial charge in [-0.3, -0.25) is 4.79 Å². The summed E-state index contributed by atoms with van der Waals surface area (Å²) in [5.41, 5.74) is 5.22. The van der Waals surface area contributed by atoms with Crippen molar-refractivity contribution in [3.63, 3.8) is 0 Å². The van der Waals surface area contributed by atoms with Crippen molar-refractivity contribution in [3.8, 4) is 0 Å². The molecular formula is C9H16N2O. The van der Waals surface area contributed by atoms with Crippen LogP contribution in [0.1, 0.15) is 26.2 Å². The molecule has 0 aliphatic heterocycles. The molecule has 3 N–H and O–H groups in total. The lowest BCUT2D eigenvalue weighted by molar-refractivity contribution is -0.129. The molecule has 1 saturated carbocycles. The third-order valence-corrected chi connectivity index (χ3v) is 2.41. The number of hydrogen-bond acceptors (Lipinski definition) is 2. The van der Waals surface area contributed by atoms with Gasteiger partial charge in [-0.05, 0) is 26.2 Å². The summed E-state index contributed by atoms with van der Waals surface area (Å²) in [6.07, 6.45) is 4.37. The van der Waals surface area contributed by atoms with E-state index >= 15 is 0 Å². The molecule has 0 aromatic carbocycles. The van der Waals surface area contributed by atoms with Crippen LogP contribution in [0.3, 0.4) is 0 Å². The first-order valence-corrected chi connectivity index (χ1v) is 4.31. The molecule has 1 amide bonds. The molecule has 3 heteroatoms. The van der Waals surface area contributed by atoms with Gasteiger partial charge in [0.1, 0.15) is 0 Å². The first-order valence-electron chi connectivity index (χ1n) is 4.31. The number of nitrogens with one attached hydrogen (secondary N) is 1. The van der Waals surface area contributed by atoms with Crippen molar-refractivity contribution < 1.29 is 4.79 Å². The second-order valence-corrected chi connectivity index (χ2v) is 3.51. The normalized spacial score (nSPS) is 22.2. The molecular weight excluding hydrogens is 152 g/mol. The molecule has 0 bridgehead atoms. The van der Waals surface area contributed by atoms with Crippen LogP contribution in [0, 0.1) is 0 Å². The van der Waals surface area contributed by atoms with Crippen LogP contribution in [0.4, 0.5) is 0 Å². The van der Waals surface area contributed by atoms with Gasteiger partial charge < -0.3 is 11.1 Å². The van der Waals surface area contributed by atoms with Gasteiger partial charge in [-0.1, -0.05) is 6.08 Å². The summed E-state index contributed by atoms with van der Waals surface area (Å²) in [7, 11) is 0. The first-order chi connectivity index (χ1) is 5.58. The predicted molar refractivity (Wildman–Crippen MR) is 48.6 cm³/mol. The minimum Gasteiger partial charge on any atom is -0.349 e. The van der Waals surface area contributed by atoms with E-state index in [2.05, 4.69) is 11.9 Å². The second kappa shape index (κ2) is 3.27. The van der Waals surface area contributed by atoms with Gasteiger partial charge in [-0.15, -0.1) is 6.58 Å². The van der Waals surface area contributed by atoms with Gasteiger partial charge >= 0.3 is 0 Å². The summed E-state index contributed by atoms with van der Waals surface area (Å²) >= 11 is 0. The molecule has 1 aliphatic carbocycles. The largest absolute Gasteiger partial charge is 0.349 e. The molecule has 0 radical (unpaired) electrons. The second-order valence-electron chi connectivity index (χ2n) is 3.51. The maximum Gasteiger partial charge on any atom is 0.240 e. The van der Waals surface area contributed by atoms with Crippen LogP contribution < -0.4 is 11.1 Å². The highest BCUT2D eigenvalue weighted by Crippen LogP contribution is 2.29. The fraction of sp³-hybridized carbons (Fsp3) is 0.667. The third kappa shape index (κ3) is 1.67. The molecule has 0 heterocycles. The molecule has 0 aromatic rings. The quantitative estimate of drug-likeness (QED) is 0.605. The third-order valence-electron chi connectivity index (χ3n) is 2.41. The van der Waals surface area contributed by atoms with Gasteiger partial charge in [0, 0.05) is 6.04 Å². The fourth-order valence-corrected chi connectivity index (χ4v) is 1.19. The van der Waals surface area contributed by atoms with Crippen LogP contribution in [0.5, 0.6) is 0 Å². The standard InChI is InChI=1S/C9H16N2O/c1-3-7(2)11-8(12)9(10)5-4-6-9/h3,7H,1,4-6,10H2,2H3,(H,11,12). The molecule has 12 heavy (non-hydrogen) atoms. The van der Waals surface area contributed by atoms with Crippen LogP contribution in [0.15, 0.2) is 12.7 Å². The molecule has 1 fully saturated rings. The zero-order valence-electron chi connectivity index (χ0n) is 7.47. The maximum atomic E-state index is 11.4. The number of carbonyl (C=O) groups excluding carboxylic acids is 1. The van der Waals surface area contributed by atoms with Gasteiger partial charge in [-0.2, -0.15) is 0 Å². The van der Waals surface area contributed by atoms with Gasteiger partial charge in [0.2, 0.25) is 5.91 Å². The van der Waals surface area contributed by atoms with E-state index in [4.69, 9.17) is 5.73 Å². The van der Waals surface area contributed by atoms with Gasteiger partial charge in [0.05, 0.1) is 5.54 Å². The van der Waals surface area contributed by atoms with Crippen molar-refractivity contribution in [2.24, 2.45) is 5.73 Å². The van der Waals surface area contributed by atoms with Crippen LogP contribution >= 0.6 is 0 Å². The van der Waals surface area contributed by atoms with Crippen molar-refractivity contribution in [1.29, 1.82) is 0 Å². The van der Waals surface area contributed by atoms with Crippen LogP contribution in [-0.4, -0.2) is 17.5 Å². The average Bonchev–Trinajstić information content (AvgIpc) is 1.99. The minimum atomic E-state index is -0.586. The van der Waals surface area contributed by atoms with Gasteiger partial charge in [0.15, 0.2) is 0 Å². The highest BCUT2D eigenvalue weighted by atomic mass is 16.2. The van der Waals surface area contributed by atoms with Crippen molar-refractivity contribution in [2.45, 2.75) is 37.8 Å². The Hall–Kier alpha value is -0.830. The molecule has 1 atom stereocenters. The molecule has 0 saturated heterocycles. The molecule has 1 rings (SSSR count). The van der Waals surface area contributed by atoms with E-state index in [0.29, 0.717) is 0 Å². The molecule has 0 spiro atoms. The molecule has 3 nitrogen and oxygen atoms in total. The summed E-state index contributed by atoms with van der Waals surface area (Å²) in [6, 6.07) is 0.0125. The lowest BCUT2D eigenvalue weighted by Crippen LogP contribution is -2.59. The van der Waals surface area contributed by atoms with Crippen molar-refractivity contribution >= 4 is 5.91 Å². The first kappa shape index (κ1) is 9.26. The summed E-state index contributed by atoms with van der Waals surface area (Å²) in [4.78, 5) is 11.4. The Labute approximate surface area is 73.0 Å². The highest BCUT2D eigenvalue weighted by Gasteiger charge is 2.40. The van der Waals surface area contributed by atoms with Crippen LogP contribution in [0.25, 0.3) is 0 Å². The summed E-state index contributed by atoms with van der Waals surface area (Å²) < 4.78 is 0. The van der Waals surface area contributed by atoms with Crippen molar-refractivity contribution in [2.75, 3.05) is 0 Å². The highest BCUT2D eigenvalue weighted by molar-refractivity contribution is 5.87. The Balaban J connectivity index is 2.42. The Morgan fingerprint density at radius 3 is 2.67 bits per heavy atom. The lowest BCUT2D eigenvalue weighted by atomic mass is 9.77. The molecule has 1 aliphatic rings. The summed E-state index contributed by atoms with van der Waals surface area (Å²) in [6.45, 7) is 5.47. The van der Waals surface area contributed by atoms with E-state index in [0.717, 1.165) is 19.3 Å². The van der Waals surface area contributed by atoms with Crippen molar-refractivity contribution in [1.82, 2.24) is 5.32 Å². The molecule has 0 aromatic heterocycles. The SMILES string of the molecule is C=CC(C)NC(=O)C1(N)CCC1. The zero-order chi connectivity index (χ0) is 9.19. The van der Waals surface area contributed by atoms with Gasteiger partial charge in [-0.25, -0.2) is 0 Å². The van der Waals surface area contributed by atoms with Crippen molar-refractivity contribution in [3.05, 3.63) is 12.7 Å². The molecule has 68 valence electrons. The average molecular weight is 168 g/mol. The number of nitrogens with two attached hydrogens (primary N) is 1. The van der Waals surface area contributed by atoms with E-state index in [1.807, 2.05) is 6.92 Å². The molecule has 1 unspecified atom stereocenters. The van der Waals surface area contributed by atoms with E-state index in [1.165, 1.54) is 0 Å². The zero-order valence-corrected chi connectivity index (χ0v) is 7.47. The monoisotopic (exact) mass is 168 g/mol. The predicted octanol–water partition coefficient (Wildman–Crippen LogP) is 0.558. The number of hydrogen-bond donors (Lipinski definition) is 2. The Kier molecular flexibility index (Phi) is 2.52. The maximum absolute atomic E-state index is 11.4. The lowest BCUT2D eigenvalue weighted by Gasteiger charge is -2.36. The fourth-order valence-electron chi connectivity index (χ4n) is 1.19. The van der Waals surface area contributed by atoms with E-state index in [-0.39, 0.29) is 11.9 Å². The van der Waals surface area contributed by atoms with E-state index < -0.39 is 5.54 Å². The number of amides is 1. The van der Waals surface area contributed by atoms with E-state index in [9.17, 15) is 4.79 Å². The van der Waals surface area contributed by atoms with E-state index in [1.54, 1.807) is 6.08 Å². The van der Waals surface area contributed by atoms with Gasteiger partial charge in [0.25, 0.3) is 0 Å². The summed E-state index contributed by atoms with van der Waals surface area (Å²) in [5.74, 6) is -0.0406. The van der Waals surface area contributed by atoms with Crippen LogP contribution in [-0.2, 0) is 4.79 Å². The van der Waals surface area contributed by atoms with Crippen LogP contribution in [0.2, 0.25) is 0 Å².